The van der Waals surface area contributed by atoms with Crippen molar-refractivity contribution in [3.8, 4) is 11.5 Å². The van der Waals surface area contributed by atoms with Crippen LogP contribution in [-0.4, -0.2) is 32.1 Å². The number of benzene rings is 2. The zero-order valence-corrected chi connectivity index (χ0v) is 17.0. The molecule has 0 bridgehead atoms. The number of nitrogens with zero attached hydrogens (tertiary/aromatic N) is 1. The highest BCUT2D eigenvalue weighted by atomic mass is 79.9. The molecule has 0 unspecified atom stereocenters. The number of halogens is 1. The minimum atomic E-state index is -0.784. The molecule has 0 saturated carbocycles. The molecule has 4 amide bonds. The minimum Gasteiger partial charge on any atom is -0.493 e. The molecule has 0 atom stereocenters. The van der Waals surface area contributed by atoms with Gasteiger partial charge in [-0.1, -0.05) is 34.1 Å². The van der Waals surface area contributed by atoms with Gasteiger partial charge in [0.1, 0.15) is 5.57 Å². The van der Waals surface area contributed by atoms with Gasteiger partial charge in [0, 0.05) is 4.47 Å². The molecule has 1 fully saturated rings. The number of para-hydroxylation sites is 1. The summed E-state index contributed by atoms with van der Waals surface area (Å²) < 4.78 is 11.1. The van der Waals surface area contributed by atoms with E-state index in [2.05, 4.69) is 21.2 Å². The third kappa shape index (κ3) is 3.50. The number of rotatable bonds is 4. The summed E-state index contributed by atoms with van der Waals surface area (Å²) in [5.74, 6) is -0.535. The second-order valence-electron chi connectivity index (χ2n) is 5.97. The lowest BCUT2D eigenvalue weighted by Crippen LogP contribution is -2.54. The largest absolute Gasteiger partial charge is 0.493 e. The lowest BCUT2D eigenvalue weighted by molar-refractivity contribution is -0.122. The summed E-state index contributed by atoms with van der Waals surface area (Å²) in [5.41, 5.74) is 1.49. The fourth-order valence-electron chi connectivity index (χ4n) is 2.83. The van der Waals surface area contributed by atoms with Gasteiger partial charge < -0.3 is 9.47 Å². The molecule has 0 aliphatic carbocycles. The Bertz CT molecular complexity index is 1020. The second-order valence-corrected chi connectivity index (χ2v) is 6.83. The van der Waals surface area contributed by atoms with Gasteiger partial charge in [0.2, 0.25) is 0 Å². The quantitative estimate of drug-likeness (QED) is 0.576. The monoisotopic (exact) mass is 444 g/mol. The molecule has 1 aliphatic heterocycles. The Morgan fingerprint density at radius 3 is 2.32 bits per heavy atom. The van der Waals surface area contributed by atoms with E-state index in [4.69, 9.17) is 9.47 Å². The number of hydrogen-bond acceptors (Lipinski definition) is 5. The molecule has 1 saturated heterocycles. The van der Waals surface area contributed by atoms with Crippen LogP contribution in [0.1, 0.15) is 11.1 Å². The summed E-state index contributed by atoms with van der Waals surface area (Å²) in [5, 5.41) is 2.21. The number of hydrogen-bond donors (Lipinski definition) is 1. The number of amides is 4. The number of nitrogens with one attached hydrogen (secondary N) is 1. The molecule has 144 valence electrons. The van der Waals surface area contributed by atoms with Crippen LogP contribution in [0.25, 0.3) is 6.08 Å². The van der Waals surface area contributed by atoms with Crippen LogP contribution in [0.5, 0.6) is 11.5 Å². The molecular weight excluding hydrogens is 428 g/mol. The van der Waals surface area contributed by atoms with Crippen molar-refractivity contribution in [3.63, 3.8) is 0 Å². The number of urea groups is 1. The van der Waals surface area contributed by atoms with Gasteiger partial charge in [-0.15, -0.1) is 0 Å². The number of carbonyl (C=O) groups is 3. The zero-order valence-electron chi connectivity index (χ0n) is 15.4. The van der Waals surface area contributed by atoms with E-state index >= 15 is 0 Å². The highest BCUT2D eigenvalue weighted by Crippen LogP contribution is 2.35. The number of barbiturate groups is 1. The lowest BCUT2D eigenvalue weighted by Gasteiger charge is -2.27. The molecule has 2 aromatic rings. The van der Waals surface area contributed by atoms with Crippen LogP contribution < -0.4 is 19.7 Å². The maximum Gasteiger partial charge on any atom is 0.335 e. The fourth-order valence-corrected chi connectivity index (χ4v) is 3.26. The van der Waals surface area contributed by atoms with Crippen LogP contribution in [0, 0.1) is 6.92 Å². The smallest absolute Gasteiger partial charge is 0.335 e. The number of anilines is 1. The third-order valence-electron chi connectivity index (χ3n) is 4.26. The Labute approximate surface area is 170 Å². The number of methoxy groups -OCH3 is 2. The summed E-state index contributed by atoms with van der Waals surface area (Å²) in [4.78, 5) is 38.6. The highest BCUT2D eigenvalue weighted by molar-refractivity contribution is 9.10. The Morgan fingerprint density at radius 2 is 1.68 bits per heavy atom. The number of imide groups is 2. The van der Waals surface area contributed by atoms with E-state index in [1.807, 2.05) is 0 Å². The van der Waals surface area contributed by atoms with E-state index in [9.17, 15) is 14.4 Å². The SMILES string of the molecule is COc1cc(Br)c(/C=C2\C(=O)NC(=O)N(c3ccccc3C)C2=O)cc1OC. The van der Waals surface area contributed by atoms with Gasteiger partial charge in [-0.25, -0.2) is 9.69 Å². The molecule has 0 spiro atoms. The average Bonchev–Trinajstić information content (AvgIpc) is 2.67. The maximum absolute atomic E-state index is 13.0. The fraction of sp³-hybridized carbons (Fsp3) is 0.150. The topological polar surface area (TPSA) is 84.9 Å². The second kappa shape index (κ2) is 7.85. The van der Waals surface area contributed by atoms with E-state index < -0.39 is 17.8 Å². The van der Waals surface area contributed by atoms with Crippen molar-refractivity contribution in [2.45, 2.75) is 6.92 Å². The van der Waals surface area contributed by atoms with Crippen molar-refractivity contribution in [1.29, 1.82) is 0 Å². The van der Waals surface area contributed by atoms with E-state index in [0.29, 0.717) is 27.2 Å². The van der Waals surface area contributed by atoms with Crippen LogP contribution in [-0.2, 0) is 9.59 Å². The normalized spacial score (nSPS) is 15.6. The van der Waals surface area contributed by atoms with Crippen LogP contribution in [0.2, 0.25) is 0 Å². The summed E-state index contributed by atoms with van der Waals surface area (Å²) in [6.07, 6.45) is 1.40. The minimum absolute atomic E-state index is 0.171. The van der Waals surface area contributed by atoms with Gasteiger partial charge in [-0.2, -0.15) is 0 Å². The predicted molar refractivity (Wildman–Crippen MR) is 107 cm³/mol. The van der Waals surface area contributed by atoms with E-state index in [1.165, 1.54) is 20.3 Å². The Hall–Kier alpha value is -3.13. The van der Waals surface area contributed by atoms with Gasteiger partial charge in [-0.3, -0.25) is 14.9 Å². The van der Waals surface area contributed by atoms with Gasteiger partial charge in [-0.05, 0) is 42.3 Å². The van der Waals surface area contributed by atoms with E-state index in [0.717, 1.165) is 10.5 Å². The van der Waals surface area contributed by atoms with Gasteiger partial charge in [0.15, 0.2) is 11.5 Å². The van der Waals surface area contributed by atoms with Gasteiger partial charge in [0.05, 0.1) is 19.9 Å². The number of aryl methyl sites for hydroxylation is 1. The molecule has 3 rings (SSSR count). The first-order valence-electron chi connectivity index (χ1n) is 8.26. The molecule has 7 nitrogen and oxygen atoms in total. The predicted octanol–water partition coefficient (Wildman–Crippen LogP) is 3.44. The third-order valence-corrected chi connectivity index (χ3v) is 4.95. The molecular formula is C20H17BrN2O5. The molecule has 0 aromatic heterocycles. The number of ether oxygens (including phenoxy) is 2. The molecule has 28 heavy (non-hydrogen) atoms. The maximum atomic E-state index is 13.0. The van der Waals surface area contributed by atoms with Crippen molar-refractivity contribution < 1.29 is 23.9 Å². The Morgan fingerprint density at radius 1 is 1.04 bits per heavy atom. The first-order valence-corrected chi connectivity index (χ1v) is 9.05. The molecule has 1 aliphatic rings. The summed E-state index contributed by atoms with van der Waals surface area (Å²) in [7, 11) is 2.99. The Balaban J connectivity index is 2.09. The van der Waals surface area contributed by atoms with Gasteiger partial charge >= 0.3 is 6.03 Å². The summed E-state index contributed by atoms with van der Waals surface area (Å²) in [6.45, 7) is 1.78. The summed E-state index contributed by atoms with van der Waals surface area (Å²) >= 11 is 3.40. The van der Waals surface area contributed by atoms with Crippen LogP contribution in [0.15, 0.2) is 46.4 Å². The van der Waals surface area contributed by atoms with E-state index in [-0.39, 0.29) is 5.57 Å². The van der Waals surface area contributed by atoms with Crippen molar-refractivity contribution in [1.82, 2.24) is 5.32 Å². The average molecular weight is 445 g/mol. The molecule has 1 heterocycles. The first-order chi connectivity index (χ1) is 13.4. The number of carbonyl (C=O) groups excluding carboxylic acids is 3. The molecule has 8 heteroatoms. The van der Waals surface area contributed by atoms with Crippen molar-refractivity contribution in [2.24, 2.45) is 0 Å². The summed E-state index contributed by atoms with van der Waals surface area (Å²) in [6, 6.07) is 9.45. The molecule has 0 radical (unpaired) electrons. The zero-order chi connectivity index (χ0) is 20.4. The van der Waals surface area contributed by atoms with Gasteiger partial charge in [0.25, 0.3) is 11.8 Å². The standard InChI is InChI=1S/C20H17BrN2O5/c1-11-6-4-5-7-15(11)23-19(25)13(18(24)22-20(23)26)8-12-9-16(27-2)17(28-3)10-14(12)21/h4-10H,1-3H3,(H,22,24,26)/b13-8+. The molecule has 2 aromatic carbocycles. The van der Waals surface area contributed by atoms with E-state index in [1.54, 1.807) is 43.3 Å². The highest BCUT2D eigenvalue weighted by Gasteiger charge is 2.37. The van der Waals surface area contributed by atoms with Crippen molar-refractivity contribution in [3.05, 3.63) is 57.6 Å². The van der Waals surface area contributed by atoms with Crippen LogP contribution in [0.3, 0.4) is 0 Å². The lowest BCUT2D eigenvalue weighted by atomic mass is 10.1. The van der Waals surface area contributed by atoms with Crippen LogP contribution in [0.4, 0.5) is 10.5 Å². The van der Waals surface area contributed by atoms with Crippen molar-refractivity contribution in [2.75, 3.05) is 19.1 Å². The van der Waals surface area contributed by atoms with Crippen LogP contribution >= 0.6 is 15.9 Å². The van der Waals surface area contributed by atoms with Crippen molar-refractivity contribution >= 4 is 45.5 Å². The first kappa shape index (κ1) is 19.6. The Kier molecular flexibility index (Phi) is 5.51. The molecule has 1 N–H and O–H groups in total.